The molecule has 3 aromatic rings. The summed E-state index contributed by atoms with van der Waals surface area (Å²) in [6.45, 7) is 2.67. The number of benzene rings is 2. The van der Waals surface area contributed by atoms with Crippen LogP contribution >= 0.6 is 11.3 Å². The molecule has 32 heavy (non-hydrogen) atoms. The van der Waals surface area contributed by atoms with Crippen LogP contribution in [0.5, 0.6) is 5.75 Å². The van der Waals surface area contributed by atoms with E-state index in [1.807, 2.05) is 54.6 Å². The van der Waals surface area contributed by atoms with Gasteiger partial charge in [0.25, 0.3) is 0 Å². The van der Waals surface area contributed by atoms with Crippen molar-refractivity contribution in [2.75, 3.05) is 26.8 Å². The summed E-state index contributed by atoms with van der Waals surface area (Å²) in [5.41, 5.74) is 2.07. The van der Waals surface area contributed by atoms with E-state index in [9.17, 15) is 4.79 Å². The molecule has 0 aliphatic carbocycles. The second-order valence-corrected chi connectivity index (χ2v) is 9.10. The van der Waals surface area contributed by atoms with Gasteiger partial charge in [-0.3, -0.25) is 9.69 Å². The number of hydrogen-bond donors (Lipinski definition) is 1. The number of nitrogens with one attached hydrogen (secondary N) is 1. The van der Waals surface area contributed by atoms with Crippen molar-refractivity contribution in [2.24, 2.45) is 0 Å². The Balaban J connectivity index is 1.48. The average Bonchev–Trinajstić information content (AvgIpc) is 3.53. The number of carbonyl (C=O) groups excluding carboxylic acids is 1. The van der Waals surface area contributed by atoms with Crippen LogP contribution < -0.4 is 10.1 Å². The molecule has 1 aromatic heterocycles. The van der Waals surface area contributed by atoms with Gasteiger partial charge in [0.05, 0.1) is 25.8 Å². The second-order valence-electron chi connectivity index (χ2n) is 8.07. The van der Waals surface area contributed by atoms with Crippen molar-refractivity contribution in [3.8, 4) is 5.75 Å². The normalized spacial score (nSPS) is 16.8. The topological polar surface area (TPSA) is 50.8 Å². The highest BCUT2D eigenvalue weighted by Gasteiger charge is 2.23. The first-order chi connectivity index (χ1) is 15.7. The van der Waals surface area contributed by atoms with Gasteiger partial charge in [0.15, 0.2) is 0 Å². The molecule has 1 amide bonds. The predicted octanol–water partition coefficient (Wildman–Crippen LogP) is 4.64. The molecule has 1 aliphatic heterocycles. The highest BCUT2D eigenvalue weighted by Crippen LogP contribution is 2.24. The van der Waals surface area contributed by atoms with Gasteiger partial charge in [-0.1, -0.05) is 48.5 Å². The molecule has 0 radical (unpaired) electrons. The highest BCUT2D eigenvalue weighted by atomic mass is 32.1. The molecular formula is C26H30N2O3S. The lowest BCUT2D eigenvalue weighted by Crippen LogP contribution is -2.41. The summed E-state index contributed by atoms with van der Waals surface area (Å²) < 4.78 is 11.1. The monoisotopic (exact) mass is 450 g/mol. The summed E-state index contributed by atoms with van der Waals surface area (Å²) in [5.74, 6) is 0.801. The van der Waals surface area contributed by atoms with Crippen LogP contribution in [0.1, 0.15) is 34.9 Å². The lowest BCUT2D eigenvalue weighted by Gasteiger charge is -2.26. The minimum atomic E-state index is -0.221. The minimum Gasteiger partial charge on any atom is -0.497 e. The van der Waals surface area contributed by atoms with E-state index in [-0.39, 0.29) is 18.1 Å². The Morgan fingerprint density at radius 2 is 1.91 bits per heavy atom. The van der Waals surface area contributed by atoms with Gasteiger partial charge in [-0.05, 0) is 47.5 Å². The molecule has 1 aliphatic rings. The van der Waals surface area contributed by atoms with Crippen LogP contribution in [0.15, 0.2) is 72.1 Å². The number of ether oxygens (including phenoxy) is 2. The molecule has 2 heterocycles. The summed E-state index contributed by atoms with van der Waals surface area (Å²) in [4.78, 5) is 16.7. The maximum atomic E-state index is 13.2. The van der Waals surface area contributed by atoms with Crippen LogP contribution in [0.4, 0.5) is 0 Å². The average molecular weight is 451 g/mol. The third kappa shape index (κ3) is 6.19. The van der Waals surface area contributed by atoms with Gasteiger partial charge < -0.3 is 14.8 Å². The first-order valence-corrected chi connectivity index (χ1v) is 11.9. The molecule has 1 fully saturated rings. The summed E-state index contributed by atoms with van der Waals surface area (Å²) in [6, 6.07) is 21.9. The first-order valence-electron chi connectivity index (χ1n) is 11.1. The lowest BCUT2D eigenvalue weighted by molar-refractivity contribution is -0.123. The fourth-order valence-electron chi connectivity index (χ4n) is 4.09. The van der Waals surface area contributed by atoms with E-state index in [2.05, 4.69) is 27.7 Å². The van der Waals surface area contributed by atoms with Crippen LogP contribution in [0, 0.1) is 0 Å². The zero-order valence-electron chi connectivity index (χ0n) is 18.4. The van der Waals surface area contributed by atoms with Crippen LogP contribution in [-0.2, 0) is 16.1 Å². The molecule has 168 valence electrons. The van der Waals surface area contributed by atoms with E-state index in [1.165, 1.54) is 4.88 Å². The Morgan fingerprint density at radius 1 is 1.12 bits per heavy atom. The fraction of sp³-hybridized carbons (Fsp3) is 0.346. The van der Waals surface area contributed by atoms with Gasteiger partial charge in [0.1, 0.15) is 5.75 Å². The number of amides is 1. The summed E-state index contributed by atoms with van der Waals surface area (Å²) in [6.07, 6.45) is 2.35. The van der Waals surface area contributed by atoms with Crippen molar-refractivity contribution in [3.63, 3.8) is 0 Å². The quantitative estimate of drug-likeness (QED) is 0.489. The molecule has 2 atom stereocenters. The third-order valence-corrected chi connectivity index (χ3v) is 6.56. The molecule has 1 saturated heterocycles. The van der Waals surface area contributed by atoms with Gasteiger partial charge >= 0.3 is 0 Å². The van der Waals surface area contributed by atoms with E-state index < -0.39 is 0 Å². The molecule has 6 heteroatoms. The zero-order valence-corrected chi connectivity index (χ0v) is 19.2. The number of carbonyl (C=O) groups is 1. The molecule has 4 rings (SSSR count). The van der Waals surface area contributed by atoms with Crippen molar-refractivity contribution in [3.05, 3.63) is 88.1 Å². The zero-order chi connectivity index (χ0) is 22.2. The number of thiophene rings is 1. The van der Waals surface area contributed by atoms with Crippen molar-refractivity contribution in [1.82, 2.24) is 10.2 Å². The number of nitrogens with zero attached hydrogens (tertiary/aromatic N) is 1. The Morgan fingerprint density at radius 3 is 2.56 bits per heavy atom. The van der Waals surface area contributed by atoms with Gasteiger partial charge in [-0.25, -0.2) is 0 Å². The van der Waals surface area contributed by atoms with Crippen molar-refractivity contribution < 1.29 is 14.3 Å². The summed E-state index contributed by atoms with van der Waals surface area (Å²) >= 11 is 1.72. The maximum Gasteiger partial charge on any atom is 0.234 e. The van der Waals surface area contributed by atoms with Crippen LogP contribution in [0.25, 0.3) is 0 Å². The molecular weight excluding hydrogens is 420 g/mol. The van der Waals surface area contributed by atoms with E-state index in [4.69, 9.17) is 9.47 Å². The van der Waals surface area contributed by atoms with Crippen molar-refractivity contribution in [2.45, 2.75) is 31.5 Å². The molecule has 0 spiro atoms. The van der Waals surface area contributed by atoms with Gasteiger partial charge in [0, 0.05) is 24.6 Å². The second kappa shape index (κ2) is 11.3. The van der Waals surface area contributed by atoms with Gasteiger partial charge in [-0.15, -0.1) is 11.3 Å². The van der Waals surface area contributed by atoms with Crippen LogP contribution in [0.3, 0.4) is 0 Å². The third-order valence-electron chi connectivity index (χ3n) is 5.70. The molecule has 0 bridgehead atoms. The Bertz CT molecular complexity index is 955. The van der Waals surface area contributed by atoms with E-state index in [0.29, 0.717) is 6.54 Å². The maximum absolute atomic E-state index is 13.2. The summed E-state index contributed by atoms with van der Waals surface area (Å²) in [5, 5.41) is 5.34. The fourth-order valence-corrected chi connectivity index (χ4v) is 4.84. The van der Waals surface area contributed by atoms with Crippen LogP contribution in [0.2, 0.25) is 0 Å². The lowest BCUT2D eigenvalue weighted by atomic mass is 9.98. The minimum absolute atomic E-state index is 0.00391. The van der Waals surface area contributed by atoms with Crippen LogP contribution in [-0.4, -0.2) is 43.7 Å². The number of rotatable bonds is 10. The molecule has 0 saturated carbocycles. The standard InChI is InChI=1S/C26H30N2O3S/c1-30-22-13-11-21(12-14-22)26(20-7-3-2-4-8-20)27-25(29)19-28(17-23-9-5-15-31-23)18-24-10-6-16-32-24/h2-4,6-8,10-14,16,23,26H,5,9,15,17-19H2,1H3,(H,27,29)/t23-,26+/m1/s1. The van der Waals surface area contributed by atoms with Crippen molar-refractivity contribution in [1.29, 1.82) is 0 Å². The van der Waals surface area contributed by atoms with E-state index >= 15 is 0 Å². The smallest absolute Gasteiger partial charge is 0.234 e. The van der Waals surface area contributed by atoms with Crippen molar-refractivity contribution >= 4 is 17.2 Å². The number of hydrogen-bond acceptors (Lipinski definition) is 5. The van der Waals surface area contributed by atoms with Gasteiger partial charge in [0.2, 0.25) is 5.91 Å². The molecule has 2 aromatic carbocycles. The largest absolute Gasteiger partial charge is 0.497 e. The Hall–Kier alpha value is -2.67. The summed E-state index contributed by atoms with van der Waals surface area (Å²) in [7, 11) is 1.65. The molecule has 0 unspecified atom stereocenters. The SMILES string of the molecule is COc1ccc([C@@H](NC(=O)CN(Cc2cccs2)C[C@H]2CCCO2)c2ccccc2)cc1. The highest BCUT2D eigenvalue weighted by molar-refractivity contribution is 7.09. The molecule has 1 N–H and O–H groups in total. The predicted molar refractivity (Wildman–Crippen MR) is 128 cm³/mol. The van der Waals surface area contributed by atoms with E-state index in [1.54, 1.807) is 18.4 Å². The molecule has 5 nitrogen and oxygen atoms in total. The Labute approximate surface area is 194 Å². The number of methoxy groups -OCH3 is 1. The van der Waals surface area contributed by atoms with Gasteiger partial charge in [-0.2, -0.15) is 0 Å². The Kier molecular flexibility index (Phi) is 7.93. The van der Waals surface area contributed by atoms with E-state index in [0.717, 1.165) is 49.4 Å². The first kappa shape index (κ1) is 22.5.